The summed E-state index contributed by atoms with van der Waals surface area (Å²) < 4.78 is 10.4. The van der Waals surface area contributed by atoms with Crippen LogP contribution in [0.3, 0.4) is 0 Å². The van der Waals surface area contributed by atoms with Crippen molar-refractivity contribution in [2.45, 2.75) is 45.1 Å². The van der Waals surface area contributed by atoms with Gasteiger partial charge in [-0.15, -0.1) is 0 Å². The number of imide groups is 2. The van der Waals surface area contributed by atoms with E-state index in [1.807, 2.05) is 13.8 Å². The van der Waals surface area contributed by atoms with Crippen LogP contribution in [0.25, 0.3) is 0 Å². The fourth-order valence-electron chi connectivity index (χ4n) is 3.58. The first-order valence-electron chi connectivity index (χ1n) is 9.53. The predicted octanol–water partition coefficient (Wildman–Crippen LogP) is 1.95. The number of rotatable bonds is 7. The summed E-state index contributed by atoms with van der Waals surface area (Å²) in [5.41, 5.74) is -0.574. The van der Waals surface area contributed by atoms with Crippen molar-refractivity contribution in [1.29, 1.82) is 0 Å². The molecule has 0 unspecified atom stereocenters. The first-order chi connectivity index (χ1) is 13.9. The summed E-state index contributed by atoms with van der Waals surface area (Å²) in [6.45, 7) is 3.42. The number of hydrogen-bond acceptors (Lipinski definition) is 6. The van der Waals surface area contributed by atoms with Crippen molar-refractivity contribution in [3.8, 4) is 11.5 Å². The second kappa shape index (κ2) is 8.38. The molecule has 1 saturated heterocycles. The topological polar surface area (TPSA) is 126 Å². The normalized spacial score (nSPS) is 16.6. The lowest BCUT2D eigenvalue weighted by Gasteiger charge is -2.25. The van der Waals surface area contributed by atoms with Crippen molar-refractivity contribution in [3.63, 3.8) is 0 Å². The highest BCUT2D eigenvalue weighted by molar-refractivity contribution is 6.10. The third-order valence-electron chi connectivity index (χ3n) is 4.78. The molecule has 2 aliphatic rings. The number of carbonyl (C=O) groups is 4. The van der Waals surface area contributed by atoms with Crippen LogP contribution in [0.2, 0.25) is 0 Å². The van der Waals surface area contributed by atoms with Crippen LogP contribution in [0, 0.1) is 0 Å². The van der Waals surface area contributed by atoms with Gasteiger partial charge in [-0.2, -0.15) is 0 Å². The lowest BCUT2D eigenvalue weighted by atomic mass is 9.88. The molecule has 0 atom stereocenters. The third kappa shape index (κ3) is 4.25. The van der Waals surface area contributed by atoms with Gasteiger partial charge in [-0.05, 0) is 25.0 Å². The molecule has 0 spiro atoms. The largest absolute Gasteiger partial charge is 0.454 e. The highest BCUT2D eigenvalue weighted by Gasteiger charge is 2.50. The quantitative estimate of drug-likeness (QED) is 0.597. The van der Waals surface area contributed by atoms with Crippen LogP contribution < -0.4 is 25.4 Å². The molecule has 0 bridgehead atoms. The van der Waals surface area contributed by atoms with Crippen LogP contribution in [-0.4, -0.2) is 47.7 Å². The van der Waals surface area contributed by atoms with E-state index >= 15 is 0 Å². The Labute approximate surface area is 167 Å². The Bertz CT molecular complexity index is 834. The summed E-state index contributed by atoms with van der Waals surface area (Å²) in [6, 6.07) is 3.39. The van der Waals surface area contributed by atoms with Gasteiger partial charge in [-0.1, -0.05) is 26.7 Å². The zero-order valence-electron chi connectivity index (χ0n) is 16.4. The smallest absolute Gasteiger partial charge is 0.325 e. The molecule has 10 heteroatoms. The standard InChI is InChI=1S/C19H24N4O6/c1-3-7-19(8-4-2)16(25)23(18(27)22-19)10-15(24)21-17(26)20-12-5-6-13-14(9-12)29-11-28-13/h5-6,9H,3-4,7-8,10-11H2,1-2H3,(H,22,27)(H2,20,21,24,26). The summed E-state index contributed by atoms with van der Waals surface area (Å²) in [5, 5.41) is 7.34. The molecule has 0 radical (unpaired) electrons. The molecule has 0 aliphatic carbocycles. The minimum atomic E-state index is -0.977. The highest BCUT2D eigenvalue weighted by atomic mass is 16.7. The van der Waals surface area contributed by atoms with Crippen molar-refractivity contribution < 1.29 is 28.7 Å². The molecule has 1 fully saturated rings. The summed E-state index contributed by atoms with van der Waals surface area (Å²) in [5.74, 6) is -0.155. The van der Waals surface area contributed by atoms with E-state index < -0.39 is 36.0 Å². The van der Waals surface area contributed by atoms with Crippen molar-refractivity contribution in [1.82, 2.24) is 15.5 Å². The maximum atomic E-state index is 12.8. The van der Waals surface area contributed by atoms with E-state index in [1.165, 1.54) is 0 Å². The van der Waals surface area contributed by atoms with Gasteiger partial charge in [0.2, 0.25) is 12.7 Å². The number of carbonyl (C=O) groups excluding carboxylic acids is 4. The van der Waals surface area contributed by atoms with Gasteiger partial charge in [-0.25, -0.2) is 9.59 Å². The average Bonchev–Trinajstić information content (AvgIpc) is 3.20. The zero-order chi connectivity index (χ0) is 21.0. The van der Waals surface area contributed by atoms with Crippen molar-refractivity contribution >= 4 is 29.6 Å². The van der Waals surface area contributed by atoms with E-state index in [-0.39, 0.29) is 6.79 Å². The Morgan fingerprint density at radius 3 is 2.52 bits per heavy atom. The van der Waals surface area contributed by atoms with E-state index in [1.54, 1.807) is 18.2 Å². The summed E-state index contributed by atoms with van der Waals surface area (Å²) >= 11 is 0. The fraction of sp³-hybridized carbons (Fsp3) is 0.474. The summed E-state index contributed by atoms with van der Waals surface area (Å²) in [7, 11) is 0. The SMILES string of the molecule is CCCC1(CCC)NC(=O)N(CC(=O)NC(=O)Nc2ccc3c(c2)OCO3)C1=O. The van der Waals surface area contributed by atoms with E-state index in [4.69, 9.17) is 9.47 Å². The van der Waals surface area contributed by atoms with Crippen LogP contribution in [0.5, 0.6) is 11.5 Å². The number of benzene rings is 1. The minimum absolute atomic E-state index is 0.104. The number of hydrogen-bond donors (Lipinski definition) is 3. The third-order valence-corrected chi connectivity index (χ3v) is 4.78. The Morgan fingerprint density at radius 2 is 1.83 bits per heavy atom. The van der Waals surface area contributed by atoms with Gasteiger partial charge in [0, 0.05) is 11.8 Å². The van der Waals surface area contributed by atoms with Crippen LogP contribution in [0.4, 0.5) is 15.3 Å². The molecule has 1 aromatic carbocycles. The Hall–Kier alpha value is -3.30. The monoisotopic (exact) mass is 404 g/mol. The van der Waals surface area contributed by atoms with Crippen LogP contribution >= 0.6 is 0 Å². The number of anilines is 1. The second-order valence-electron chi connectivity index (χ2n) is 6.97. The molecule has 29 heavy (non-hydrogen) atoms. The van der Waals surface area contributed by atoms with Gasteiger partial charge in [0.1, 0.15) is 12.1 Å². The molecule has 6 amide bonds. The molecular weight excluding hydrogens is 380 g/mol. The average molecular weight is 404 g/mol. The molecule has 3 rings (SSSR count). The lowest BCUT2D eigenvalue weighted by molar-refractivity contribution is -0.135. The molecule has 2 heterocycles. The van der Waals surface area contributed by atoms with Gasteiger partial charge in [0.25, 0.3) is 5.91 Å². The first kappa shape index (κ1) is 20.4. The second-order valence-corrected chi connectivity index (χ2v) is 6.97. The Kier molecular flexibility index (Phi) is 5.90. The number of ether oxygens (including phenoxy) is 2. The maximum absolute atomic E-state index is 12.8. The predicted molar refractivity (Wildman–Crippen MR) is 103 cm³/mol. The molecule has 156 valence electrons. The van der Waals surface area contributed by atoms with Gasteiger partial charge >= 0.3 is 12.1 Å². The number of fused-ring (bicyclic) bond motifs is 1. The van der Waals surface area contributed by atoms with E-state index in [0.717, 1.165) is 4.90 Å². The van der Waals surface area contributed by atoms with Crippen molar-refractivity contribution in [2.24, 2.45) is 0 Å². The molecule has 0 aromatic heterocycles. The van der Waals surface area contributed by atoms with E-state index in [2.05, 4.69) is 16.0 Å². The molecule has 3 N–H and O–H groups in total. The van der Waals surface area contributed by atoms with Gasteiger partial charge in [0.15, 0.2) is 11.5 Å². The number of nitrogens with zero attached hydrogens (tertiary/aromatic N) is 1. The summed E-state index contributed by atoms with van der Waals surface area (Å²) in [6.07, 6.45) is 2.41. The molecule has 2 aliphatic heterocycles. The Morgan fingerprint density at radius 1 is 1.14 bits per heavy atom. The van der Waals surface area contributed by atoms with Gasteiger partial charge < -0.3 is 20.1 Å². The number of amides is 6. The van der Waals surface area contributed by atoms with Gasteiger partial charge in [-0.3, -0.25) is 19.8 Å². The van der Waals surface area contributed by atoms with Crippen molar-refractivity contribution in [3.05, 3.63) is 18.2 Å². The molecule has 0 saturated carbocycles. The number of urea groups is 2. The minimum Gasteiger partial charge on any atom is -0.454 e. The molecule has 1 aromatic rings. The van der Waals surface area contributed by atoms with Crippen LogP contribution in [0.1, 0.15) is 39.5 Å². The number of nitrogens with one attached hydrogen (secondary N) is 3. The van der Waals surface area contributed by atoms with Crippen molar-refractivity contribution in [2.75, 3.05) is 18.7 Å². The van der Waals surface area contributed by atoms with Crippen LogP contribution in [-0.2, 0) is 9.59 Å². The Balaban J connectivity index is 1.57. The van der Waals surface area contributed by atoms with E-state index in [0.29, 0.717) is 42.9 Å². The highest BCUT2D eigenvalue weighted by Crippen LogP contribution is 2.34. The molecule has 10 nitrogen and oxygen atoms in total. The zero-order valence-corrected chi connectivity index (χ0v) is 16.4. The summed E-state index contributed by atoms with van der Waals surface area (Å²) in [4.78, 5) is 50.2. The fourth-order valence-corrected chi connectivity index (χ4v) is 3.58. The lowest BCUT2D eigenvalue weighted by Crippen LogP contribution is -2.48. The molecular formula is C19H24N4O6. The van der Waals surface area contributed by atoms with Crippen LogP contribution in [0.15, 0.2) is 18.2 Å². The van der Waals surface area contributed by atoms with E-state index in [9.17, 15) is 19.2 Å². The maximum Gasteiger partial charge on any atom is 0.325 e. The van der Waals surface area contributed by atoms with Gasteiger partial charge in [0.05, 0.1) is 0 Å². The first-order valence-corrected chi connectivity index (χ1v) is 9.53.